The van der Waals surface area contributed by atoms with Crippen LogP contribution in [0, 0.1) is 6.92 Å². The van der Waals surface area contributed by atoms with E-state index in [0.29, 0.717) is 48.1 Å². The van der Waals surface area contributed by atoms with Gasteiger partial charge in [-0.05, 0) is 37.3 Å². The Labute approximate surface area is 209 Å². The third-order valence-corrected chi connectivity index (χ3v) is 7.58. The summed E-state index contributed by atoms with van der Waals surface area (Å²) in [5, 5.41) is 1.13. The molecule has 6 rings (SSSR count). The number of nitrogens with one attached hydrogen (secondary N) is 1. The minimum Gasteiger partial charge on any atom is -0.378 e. The SMILES string of the molecule is Cc1nccn1CCONc1c(=O)c2ccc(N3CCOCC3)nc2n2c1sc1ccc(Cl)cc12. The maximum Gasteiger partial charge on any atom is 0.217 e. The summed E-state index contributed by atoms with van der Waals surface area (Å²) in [6.07, 6.45) is 3.65. The second-order valence-corrected chi connectivity index (χ2v) is 9.78. The van der Waals surface area contributed by atoms with Crippen LogP contribution in [0.25, 0.3) is 26.1 Å². The first-order valence-electron chi connectivity index (χ1n) is 11.4. The van der Waals surface area contributed by atoms with Crippen molar-refractivity contribution in [1.82, 2.24) is 18.9 Å². The zero-order valence-corrected chi connectivity index (χ0v) is 20.6. The molecule has 0 saturated carbocycles. The molecule has 0 radical (unpaired) electrons. The van der Waals surface area contributed by atoms with Crippen LogP contribution in [0.3, 0.4) is 0 Å². The molecule has 1 aliphatic heterocycles. The summed E-state index contributed by atoms with van der Waals surface area (Å²) in [5.74, 6) is 1.73. The first-order chi connectivity index (χ1) is 17.1. The second kappa shape index (κ2) is 9.12. The number of aryl methyl sites for hydroxylation is 1. The summed E-state index contributed by atoms with van der Waals surface area (Å²) >= 11 is 7.85. The van der Waals surface area contributed by atoms with Crippen molar-refractivity contribution in [3.05, 3.63) is 63.8 Å². The van der Waals surface area contributed by atoms with Crippen LogP contribution < -0.4 is 15.8 Å². The number of hydrogen-bond donors (Lipinski definition) is 1. The van der Waals surface area contributed by atoms with Crippen LogP contribution in [0.15, 0.2) is 47.5 Å². The topological polar surface area (TPSA) is 85.9 Å². The molecule has 5 heterocycles. The molecule has 1 N–H and O–H groups in total. The Morgan fingerprint density at radius 1 is 1.23 bits per heavy atom. The van der Waals surface area contributed by atoms with Crippen molar-refractivity contribution in [2.24, 2.45) is 0 Å². The zero-order valence-electron chi connectivity index (χ0n) is 19.0. The lowest BCUT2D eigenvalue weighted by Crippen LogP contribution is -2.36. The van der Waals surface area contributed by atoms with Crippen LogP contribution in [0.1, 0.15) is 5.82 Å². The fourth-order valence-corrected chi connectivity index (χ4v) is 5.65. The molecule has 180 valence electrons. The van der Waals surface area contributed by atoms with Crippen molar-refractivity contribution >= 4 is 60.5 Å². The Morgan fingerprint density at radius 2 is 2.09 bits per heavy atom. The van der Waals surface area contributed by atoms with Gasteiger partial charge < -0.3 is 14.2 Å². The van der Waals surface area contributed by atoms with Crippen molar-refractivity contribution < 1.29 is 9.57 Å². The van der Waals surface area contributed by atoms with E-state index in [1.54, 1.807) is 6.20 Å². The monoisotopic (exact) mass is 510 g/mol. The molecule has 0 atom stereocenters. The number of benzene rings is 1. The van der Waals surface area contributed by atoms with Gasteiger partial charge in [0.15, 0.2) is 5.65 Å². The highest BCUT2D eigenvalue weighted by Gasteiger charge is 2.20. The fraction of sp³-hybridized carbons (Fsp3) is 0.292. The number of hydrogen-bond acceptors (Lipinski definition) is 8. The first-order valence-corrected chi connectivity index (χ1v) is 12.6. The maximum absolute atomic E-state index is 13.6. The minimum absolute atomic E-state index is 0.155. The number of imidazole rings is 1. The van der Waals surface area contributed by atoms with Gasteiger partial charge in [-0.15, -0.1) is 11.3 Å². The number of morpholine rings is 1. The van der Waals surface area contributed by atoms with E-state index in [1.807, 2.05) is 52.4 Å². The summed E-state index contributed by atoms with van der Waals surface area (Å²) in [5.41, 5.74) is 4.67. The van der Waals surface area contributed by atoms with Gasteiger partial charge in [-0.2, -0.15) is 0 Å². The summed E-state index contributed by atoms with van der Waals surface area (Å²) in [4.78, 5) is 31.4. The summed E-state index contributed by atoms with van der Waals surface area (Å²) in [7, 11) is 0. The normalized spacial score (nSPS) is 14.4. The summed E-state index contributed by atoms with van der Waals surface area (Å²) < 4.78 is 10.5. The number of halogens is 1. The van der Waals surface area contributed by atoms with E-state index in [0.717, 1.165) is 39.8 Å². The van der Waals surface area contributed by atoms with Crippen molar-refractivity contribution in [2.75, 3.05) is 43.3 Å². The second-order valence-electron chi connectivity index (χ2n) is 8.32. The van der Waals surface area contributed by atoms with Crippen LogP contribution in [0.5, 0.6) is 0 Å². The molecule has 4 aromatic heterocycles. The lowest BCUT2D eigenvalue weighted by molar-refractivity contribution is 0.122. The number of thiazole rings is 1. The highest BCUT2D eigenvalue weighted by molar-refractivity contribution is 7.24. The van der Waals surface area contributed by atoms with Crippen LogP contribution in [0.4, 0.5) is 11.5 Å². The van der Waals surface area contributed by atoms with Crippen molar-refractivity contribution in [1.29, 1.82) is 0 Å². The van der Waals surface area contributed by atoms with Crippen molar-refractivity contribution in [2.45, 2.75) is 13.5 Å². The molecule has 1 aromatic carbocycles. The Balaban J connectivity index is 1.45. The number of pyridine rings is 2. The van der Waals surface area contributed by atoms with Crippen LogP contribution in [-0.2, 0) is 16.1 Å². The number of nitrogens with zero attached hydrogens (tertiary/aromatic N) is 5. The van der Waals surface area contributed by atoms with Crippen LogP contribution >= 0.6 is 22.9 Å². The summed E-state index contributed by atoms with van der Waals surface area (Å²) in [6, 6.07) is 9.46. The third-order valence-electron chi connectivity index (χ3n) is 6.20. The molecule has 5 aromatic rings. The van der Waals surface area contributed by atoms with Gasteiger partial charge in [-0.3, -0.25) is 19.5 Å². The number of fused-ring (bicyclic) bond motifs is 5. The predicted molar refractivity (Wildman–Crippen MR) is 139 cm³/mol. The van der Waals surface area contributed by atoms with Gasteiger partial charge in [-0.25, -0.2) is 9.97 Å². The minimum atomic E-state index is -0.155. The van der Waals surface area contributed by atoms with Crippen molar-refractivity contribution in [3.63, 3.8) is 0 Å². The van der Waals surface area contributed by atoms with E-state index in [2.05, 4.69) is 15.4 Å². The number of aromatic nitrogens is 4. The Bertz CT molecular complexity index is 1600. The van der Waals surface area contributed by atoms with Crippen LogP contribution in [0.2, 0.25) is 5.02 Å². The largest absolute Gasteiger partial charge is 0.378 e. The number of anilines is 2. The van der Waals surface area contributed by atoms with E-state index in [1.165, 1.54) is 11.3 Å². The molecule has 1 saturated heterocycles. The molecule has 0 bridgehead atoms. The lowest BCUT2D eigenvalue weighted by atomic mass is 10.2. The smallest absolute Gasteiger partial charge is 0.217 e. The standard InChI is InChI=1S/C24H23ClN6O3S/c1-15-26-6-7-29(15)10-13-34-28-21-22(32)17-3-5-20(30-8-11-33-12-9-30)27-23(17)31-18-14-16(25)2-4-19(18)35-24(21)31/h2-7,14,28H,8-13H2,1H3. The highest BCUT2D eigenvalue weighted by Crippen LogP contribution is 2.34. The van der Waals surface area contributed by atoms with Crippen molar-refractivity contribution in [3.8, 4) is 0 Å². The van der Waals surface area contributed by atoms with Gasteiger partial charge in [-0.1, -0.05) is 11.6 Å². The zero-order chi connectivity index (χ0) is 23.9. The van der Waals surface area contributed by atoms with Gasteiger partial charge in [0.05, 0.1) is 35.4 Å². The molecule has 1 aliphatic rings. The molecule has 0 spiro atoms. The van der Waals surface area contributed by atoms with Gasteiger partial charge >= 0.3 is 0 Å². The number of rotatable bonds is 6. The highest BCUT2D eigenvalue weighted by atomic mass is 35.5. The third kappa shape index (κ3) is 4.02. The molecular formula is C24H23ClN6O3S. The molecule has 35 heavy (non-hydrogen) atoms. The summed E-state index contributed by atoms with van der Waals surface area (Å²) in [6.45, 7) is 5.76. The quantitative estimate of drug-likeness (QED) is 0.272. The molecule has 1 fully saturated rings. The first kappa shape index (κ1) is 22.3. The molecule has 0 unspecified atom stereocenters. The predicted octanol–water partition coefficient (Wildman–Crippen LogP) is 4.10. The lowest BCUT2D eigenvalue weighted by Gasteiger charge is -2.28. The van der Waals surface area contributed by atoms with Gasteiger partial charge in [0.1, 0.15) is 22.2 Å². The number of ether oxygens (including phenoxy) is 1. The fourth-order valence-electron chi connectivity index (χ4n) is 4.37. The van der Waals surface area contributed by atoms with E-state index >= 15 is 0 Å². The van der Waals surface area contributed by atoms with Gasteiger partial charge in [0.2, 0.25) is 5.43 Å². The van der Waals surface area contributed by atoms with E-state index in [9.17, 15) is 4.79 Å². The Morgan fingerprint density at radius 3 is 2.89 bits per heavy atom. The van der Waals surface area contributed by atoms with Gasteiger partial charge in [0.25, 0.3) is 0 Å². The average Bonchev–Trinajstić information content (AvgIpc) is 3.46. The Hall–Kier alpha value is -3.18. The van der Waals surface area contributed by atoms with Crippen LogP contribution in [-0.4, -0.2) is 51.8 Å². The molecular weight excluding hydrogens is 488 g/mol. The van der Waals surface area contributed by atoms with Gasteiger partial charge in [0, 0.05) is 37.1 Å². The average molecular weight is 511 g/mol. The molecule has 0 aliphatic carbocycles. The maximum atomic E-state index is 13.6. The van der Waals surface area contributed by atoms with E-state index in [-0.39, 0.29) is 5.43 Å². The Kier molecular flexibility index (Phi) is 5.81. The molecule has 11 heteroatoms. The molecule has 0 amide bonds. The van der Waals surface area contributed by atoms with E-state index < -0.39 is 0 Å². The molecule has 9 nitrogen and oxygen atoms in total. The van der Waals surface area contributed by atoms with E-state index in [4.69, 9.17) is 26.2 Å².